The smallest absolute Gasteiger partial charge is 0.296 e. The third kappa shape index (κ3) is 4.06. The summed E-state index contributed by atoms with van der Waals surface area (Å²) >= 11 is 6.60. The predicted molar refractivity (Wildman–Crippen MR) is 135 cm³/mol. The minimum atomic E-state index is -0.637. The van der Waals surface area contributed by atoms with Gasteiger partial charge in [-0.3, -0.25) is 0 Å². The van der Waals surface area contributed by atoms with E-state index in [4.69, 9.17) is 30.2 Å². The van der Waals surface area contributed by atoms with Gasteiger partial charge in [-0.1, -0.05) is 48.0 Å². The molecule has 4 atom stereocenters. The van der Waals surface area contributed by atoms with Gasteiger partial charge in [0.15, 0.2) is 11.8 Å². The summed E-state index contributed by atoms with van der Waals surface area (Å²) in [7, 11) is 0. The van der Waals surface area contributed by atoms with Gasteiger partial charge >= 0.3 is 0 Å². The number of nitrogens with zero attached hydrogens (tertiary/aromatic N) is 3. The second-order valence-electron chi connectivity index (χ2n) is 9.04. The van der Waals surface area contributed by atoms with Gasteiger partial charge < -0.3 is 28.7 Å². The van der Waals surface area contributed by atoms with Crippen molar-refractivity contribution in [3.05, 3.63) is 72.1 Å². The molecular weight excluding hydrogens is 496 g/mol. The average molecular weight is 517 g/mol. The maximum atomic E-state index is 9.94. The topological polar surface area (TPSA) is 116 Å². The molecule has 2 unspecified atom stereocenters. The number of ether oxygens (including phenoxy) is 3. The number of nitrogens with one attached hydrogen (secondary N) is 1. The number of aliphatic hydroxyl groups excluding tert-OH is 1. The van der Waals surface area contributed by atoms with Gasteiger partial charge in [0.1, 0.15) is 24.6 Å². The first kappa shape index (κ1) is 22.4. The number of hydrogen-bond acceptors (Lipinski definition) is 8. The van der Waals surface area contributed by atoms with Gasteiger partial charge in [-0.2, -0.15) is 4.98 Å². The molecule has 2 aliphatic heterocycles. The van der Waals surface area contributed by atoms with Gasteiger partial charge in [0.25, 0.3) is 6.01 Å². The summed E-state index contributed by atoms with van der Waals surface area (Å²) in [6, 6.07) is 18.2. The third-order valence-corrected chi connectivity index (χ3v) is 6.99. The summed E-state index contributed by atoms with van der Waals surface area (Å²) in [5.74, 6) is 0.594. The van der Waals surface area contributed by atoms with Crippen molar-refractivity contribution in [1.29, 1.82) is 0 Å². The lowest BCUT2D eigenvalue weighted by atomic mass is 10.0. The Morgan fingerprint density at radius 1 is 0.892 bits per heavy atom. The summed E-state index contributed by atoms with van der Waals surface area (Å²) in [5.41, 5.74) is 5.71. The molecule has 2 N–H and O–H groups in total. The molecule has 186 valence electrons. The van der Waals surface area contributed by atoms with E-state index in [0.717, 1.165) is 22.3 Å². The number of oxazole rings is 1. The molecule has 0 spiro atoms. The quantitative estimate of drug-likeness (QED) is 0.350. The molecule has 0 aliphatic carbocycles. The van der Waals surface area contributed by atoms with Gasteiger partial charge in [-0.25, -0.2) is 9.97 Å². The lowest BCUT2D eigenvalue weighted by molar-refractivity contribution is 0.00706. The van der Waals surface area contributed by atoms with Crippen LogP contribution in [-0.4, -0.2) is 62.7 Å². The summed E-state index contributed by atoms with van der Waals surface area (Å²) in [4.78, 5) is 16.5. The number of pyridine rings is 1. The van der Waals surface area contributed by atoms with E-state index >= 15 is 0 Å². The number of benzene rings is 2. The molecule has 37 heavy (non-hydrogen) atoms. The Hall–Kier alpha value is -3.76. The fourth-order valence-electron chi connectivity index (χ4n) is 4.83. The molecule has 10 heteroatoms. The van der Waals surface area contributed by atoms with E-state index in [1.54, 1.807) is 18.5 Å². The SMILES string of the molecule is O[C@@H]1COC2C1OC[C@H]2Oc1nc2nc(-c3ccc(-c4ccc(-c5ncco5)cc4)cc3)c(Cl)cc2[nH]1. The lowest BCUT2D eigenvalue weighted by Crippen LogP contribution is -2.34. The fraction of sp³-hybridized carbons (Fsp3) is 0.222. The zero-order valence-electron chi connectivity index (χ0n) is 19.4. The molecule has 2 aliphatic rings. The molecule has 0 radical (unpaired) electrons. The number of aromatic nitrogens is 4. The number of fused-ring (bicyclic) bond motifs is 2. The lowest BCUT2D eigenvalue weighted by Gasteiger charge is -2.15. The van der Waals surface area contributed by atoms with Gasteiger partial charge in [-0.05, 0) is 29.3 Å². The van der Waals surface area contributed by atoms with Gasteiger partial charge in [0.05, 0.1) is 35.6 Å². The van der Waals surface area contributed by atoms with Crippen LogP contribution in [0.3, 0.4) is 0 Å². The number of aromatic amines is 1. The first-order valence-electron chi connectivity index (χ1n) is 11.9. The molecule has 3 aromatic heterocycles. The number of halogens is 1. The predicted octanol–water partition coefficient (Wildman–Crippen LogP) is 4.51. The van der Waals surface area contributed by atoms with Crippen LogP contribution in [0.4, 0.5) is 0 Å². The normalized spacial score (nSPS) is 23.0. The van der Waals surface area contributed by atoms with E-state index in [1.807, 2.05) is 48.5 Å². The van der Waals surface area contributed by atoms with Crippen LogP contribution in [0.25, 0.3) is 45.0 Å². The molecule has 7 rings (SSSR count). The van der Waals surface area contributed by atoms with E-state index in [9.17, 15) is 5.11 Å². The molecule has 5 heterocycles. The second kappa shape index (κ2) is 8.97. The Balaban J connectivity index is 1.11. The molecule has 0 amide bonds. The van der Waals surface area contributed by atoms with Crippen molar-refractivity contribution in [2.24, 2.45) is 0 Å². The Labute approximate surface area is 216 Å². The molecule has 5 aromatic rings. The number of imidazole rings is 1. The minimum Gasteiger partial charge on any atom is -0.456 e. The number of H-pyrrole nitrogens is 1. The Kier molecular flexibility index (Phi) is 5.44. The zero-order chi connectivity index (χ0) is 24.9. The van der Waals surface area contributed by atoms with Crippen molar-refractivity contribution < 1.29 is 23.7 Å². The van der Waals surface area contributed by atoms with Crippen LogP contribution in [0.1, 0.15) is 0 Å². The fourth-order valence-corrected chi connectivity index (χ4v) is 5.09. The van der Waals surface area contributed by atoms with Gasteiger partial charge in [0, 0.05) is 11.1 Å². The van der Waals surface area contributed by atoms with E-state index in [0.29, 0.717) is 40.4 Å². The Bertz CT molecular complexity index is 1550. The van der Waals surface area contributed by atoms with Crippen LogP contribution in [0.2, 0.25) is 5.02 Å². The molecule has 9 nitrogen and oxygen atoms in total. The van der Waals surface area contributed by atoms with Crippen LogP contribution >= 0.6 is 11.6 Å². The molecule has 0 bridgehead atoms. The van der Waals surface area contributed by atoms with Crippen LogP contribution in [0, 0.1) is 0 Å². The highest BCUT2D eigenvalue weighted by Crippen LogP contribution is 2.33. The minimum absolute atomic E-state index is 0.238. The van der Waals surface area contributed by atoms with Crippen LogP contribution in [0.5, 0.6) is 6.01 Å². The van der Waals surface area contributed by atoms with Crippen molar-refractivity contribution in [3.63, 3.8) is 0 Å². The maximum absolute atomic E-state index is 9.94. The van der Waals surface area contributed by atoms with Crippen LogP contribution < -0.4 is 4.74 Å². The largest absolute Gasteiger partial charge is 0.456 e. The first-order chi connectivity index (χ1) is 18.1. The highest BCUT2D eigenvalue weighted by molar-refractivity contribution is 6.33. The monoisotopic (exact) mass is 516 g/mol. The summed E-state index contributed by atoms with van der Waals surface area (Å²) in [6.07, 6.45) is 1.49. The summed E-state index contributed by atoms with van der Waals surface area (Å²) < 4.78 is 22.6. The van der Waals surface area contributed by atoms with Gasteiger partial charge in [0.2, 0.25) is 5.89 Å². The highest BCUT2D eigenvalue weighted by atomic mass is 35.5. The van der Waals surface area contributed by atoms with Crippen LogP contribution in [-0.2, 0) is 9.47 Å². The molecule has 2 aromatic carbocycles. The van der Waals surface area contributed by atoms with Crippen molar-refractivity contribution in [2.75, 3.05) is 13.2 Å². The molecule has 2 saturated heterocycles. The van der Waals surface area contributed by atoms with E-state index in [-0.39, 0.29) is 24.9 Å². The third-order valence-electron chi connectivity index (χ3n) is 6.71. The van der Waals surface area contributed by atoms with Gasteiger partial charge in [-0.15, -0.1) is 0 Å². The highest BCUT2D eigenvalue weighted by Gasteiger charge is 2.48. The number of hydrogen-bond donors (Lipinski definition) is 2. The standard InChI is InChI=1S/C27H21ClN4O5/c28-18-11-19-25(32-27(30-19)37-21-13-36-23-20(33)12-35-24(21)23)31-22(18)16-5-1-14(2-6-16)15-3-7-17(8-4-15)26-29-9-10-34-26/h1-11,20-21,23-24,33H,12-13H2,(H,30,31,32)/t20-,21-,23?,24?/m1/s1. The van der Waals surface area contributed by atoms with Crippen molar-refractivity contribution in [2.45, 2.75) is 24.4 Å². The Morgan fingerprint density at radius 2 is 1.59 bits per heavy atom. The summed E-state index contributed by atoms with van der Waals surface area (Å²) in [5, 5.41) is 10.4. The maximum Gasteiger partial charge on any atom is 0.296 e. The van der Waals surface area contributed by atoms with Crippen molar-refractivity contribution in [1.82, 2.24) is 19.9 Å². The first-order valence-corrected chi connectivity index (χ1v) is 12.2. The van der Waals surface area contributed by atoms with E-state index in [1.165, 1.54) is 0 Å². The molecule has 2 fully saturated rings. The van der Waals surface area contributed by atoms with Crippen molar-refractivity contribution >= 4 is 22.8 Å². The van der Waals surface area contributed by atoms with E-state index < -0.39 is 6.10 Å². The number of aliphatic hydroxyl groups is 1. The Morgan fingerprint density at radius 3 is 2.32 bits per heavy atom. The zero-order valence-corrected chi connectivity index (χ0v) is 20.1. The molecular formula is C27H21ClN4O5. The van der Waals surface area contributed by atoms with E-state index in [2.05, 4.69) is 19.9 Å². The summed E-state index contributed by atoms with van der Waals surface area (Å²) in [6.45, 7) is 0.556. The second-order valence-corrected chi connectivity index (χ2v) is 9.45. The average Bonchev–Trinajstić information content (AvgIpc) is 3.71. The number of rotatable bonds is 5. The molecule has 0 saturated carbocycles. The van der Waals surface area contributed by atoms with Crippen molar-refractivity contribution in [3.8, 4) is 39.8 Å². The van der Waals surface area contributed by atoms with Crippen LogP contribution in [0.15, 0.2) is 71.5 Å².